The third kappa shape index (κ3) is 3.00. The number of halogens is 1. The van der Waals surface area contributed by atoms with Crippen molar-refractivity contribution >= 4 is 28.7 Å². The summed E-state index contributed by atoms with van der Waals surface area (Å²) in [5.41, 5.74) is 2.86. The fraction of sp³-hybridized carbons (Fsp3) is 0.316. The molecule has 0 atom stereocenters. The summed E-state index contributed by atoms with van der Waals surface area (Å²) in [7, 11) is 0. The first-order valence-corrected chi connectivity index (χ1v) is 8.92. The molecule has 0 unspecified atom stereocenters. The first-order chi connectivity index (χ1) is 12.1. The van der Waals surface area contributed by atoms with E-state index in [1.807, 2.05) is 29.7 Å². The van der Waals surface area contributed by atoms with E-state index >= 15 is 0 Å². The van der Waals surface area contributed by atoms with Crippen molar-refractivity contribution in [2.75, 3.05) is 0 Å². The van der Waals surface area contributed by atoms with Crippen LogP contribution in [0.1, 0.15) is 41.9 Å². The Hall–Kier alpha value is -2.40. The Balaban J connectivity index is 1.74. The second-order valence-corrected chi connectivity index (χ2v) is 6.87. The summed E-state index contributed by atoms with van der Waals surface area (Å²) in [6.07, 6.45) is 6.21. The summed E-state index contributed by atoms with van der Waals surface area (Å²) < 4.78 is 1.89. The predicted octanol–water partition coefficient (Wildman–Crippen LogP) is 4.05. The molecule has 0 saturated heterocycles. The van der Waals surface area contributed by atoms with E-state index in [4.69, 9.17) is 11.6 Å². The summed E-state index contributed by atoms with van der Waals surface area (Å²) in [5.74, 6) is 0.726. The van der Waals surface area contributed by atoms with Crippen LogP contribution in [0.25, 0.3) is 16.9 Å². The minimum absolute atomic E-state index is 0.0557. The highest BCUT2D eigenvalue weighted by Crippen LogP contribution is 2.27. The number of imidazole rings is 1. The maximum atomic E-state index is 12.6. The summed E-state index contributed by atoms with van der Waals surface area (Å²) >= 11 is 6.43. The van der Waals surface area contributed by atoms with Gasteiger partial charge >= 0.3 is 0 Å². The lowest BCUT2D eigenvalue weighted by molar-refractivity contribution is 0.0938. The Labute approximate surface area is 151 Å². The molecule has 2 heterocycles. The average Bonchev–Trinajstić information content (AvgIpc) is 3.22. The van der Waals surface area contributed by atoms with Crippen LogP contribution in [0.4, 0.5) is 0 Å². The molecule has 1 fully saturated rings. The molecule has 5 nitrogen and oxygen atoms in total. The molecule has 0 spiro atoms. The highest BCUT2D eigenvalue weighted by atomic mass is 35.5. The smallest absolute Gasteiger partial charge is 0.251 e. The van der Waals surface area contributed by atoms with Crippen molar-refractivity contribution in [2.45, 2.75) is 38.6 Å². The van der Waals surface area contributed by atoms with Crippen LogP contribution in [0, 0.1) is 6.92 Å². The van der Waals surface area contributed by atoms with E-state index in [9.17, 15) is 4.79 Å². The number of pyridine rings is 1. The van der Waals surface area contributed by atoms with Crippen LogP contribution >= 0.6 is 11.6 Å². The zero-order valence-corrected chi connectivity index (χ0v) is 14.8. The summed E-state index contributed by atoms with van der Waals surface area (Å²) in [6, 6.07) is 9.38. The lowest BCUT2D eigenvalue weighted by Crippen LogP contribution is -2.32. The van der Waals surface area contributed by atoms with Gasteiger partial charge in [-0.1, -0.05) is 24.4 Å². The van der Waals surface area contributed by atoms with Crippen LogP contribution < -0.4 is 5.32 Å². The number of fused-ring (bicyclic) bond motifs is 1. The van der Waals surface area contributed by atoms with E-state index in [-0.39, 0.29) is 11.9 Å². The zero-order valence-electron chi connectivity index (χ0n) is 14.0. The average molecular weight is 355 g/mol. The van der Waals surface area contributed by atoms with E-state index in [2.05, 4.69) is 15.3 Å². The van der Waals surface area contributed by atoms with Crippen molar-refractivity contribution < 1.29 is 4.79 Å². The molecule has 0 bridgehead atoms. The highest BCUT2D eigenvalue weighted by molar-refractivity contribution is 6.32. The van der Waals surface area contributed by atoms with Gasteiger partial charge in [-0.2, -0.15) is 0 Å². The number of aromatic nitrogens is 3. The van der Waals surface area contributed by atoms with Crippen LogP contribution in [-0.4, -0.2) is 26.5 Å². The number of rotatable bonds is 3. The number of carbonyl (C=O) groups is 1. The Morgan fingerprint density at radius 3 is 2.88 bits per heavy atom. The van der Waals surface area contributed by atoms with Gasteiger partial charge < -0.3 is 5.32 Å². The Morgan fingerprint density at radius 1 is 1.28 bits per heavy atom. The van der Waals surface area contributed by atoms with Crippen molar-refractivity contribution in [3.63, 3.8) is 0 Å². The summed E-state index contributed by atoms with van der Waals surface area (Å²) in [5, 5.41) is 3.68. The monoisotopic (exact) mass is 354 g/mol. The van der Waals surface area contributed by atoms with Gasteiger partial charge in [0.05, 0.1) is 10.7 Å². The van der Waals surface area contributed by atoms with Gasteiger partial charge in [-0.15, -0.1) is 0 Å². The van der Waals surface area contributed by atoms with Gasteiger partial charge in [0.1, 0.15) is 11.3 Å². The molecule has 25 heavy (non-hydrogen) atoms. The molecule has 1 aliphatic carbocycles. The van der Waals surface area contributed by atoms with Gasteiger partial charge in [-0.05, 0) is 50.1 Å². The maximum absolute atomic E-state index is 12.6. The lowest BCUT2D eigenvalue weighted by atomic mass is 10.1. The van der Waals surface area contributed by atoms with E-state index in [0.29, 0.717) is 10.6 Å². The fourth-order valence-corrected chi connectivity index (χ4v) is 3.68. The Bertz CT molecular complexity index is 944. The summed E-state index contributed by atoms with van der Waals surface area (Å²) in [6.45, 7) is 1.91. The first-order valence-electron chi connectivity index (χ1n) is 8.54. The van der Waals surface area contributed by atoms with Gasteiger partial charge in [0.2, 0.25) is 0 Å². The Morgan fingerprint density at radius 2 is 2.08 bits per heavy atom. The lowest BCUT2D eigenvalue weighted by Gasteiger charge is -2.14. The molecule has 1 N–H and O–H groups in total. The van der Waals surface area contributed by atoms with Crippen LogP contribution in [0.3, 0.4) is 0 Å². The number of carbonyl (C=O) groups excluding carboxylic acids is 1. The first kappa shape index (κ1) is 16.1. The minimum Gasteiger partial charge on any atom is -0.349 e. The molecule has 3 aromatic rings. The molecule has 2 aromatic heterocycles. The second kappa shape index (κ2) is 6.48. The summed E-state index contributed by atoms with van der Waals surface area (Å²) in [4.78, 5) is 21.5. The molecule has 1 amide bonds. The molecule has 4 rings (SSSR count). The van der Waals surface area contributed by atoms with Crippen molar-refractivity contribution in [1.82, 2.24) is 19.9 Å². The van der Waals surface area contributed by atoms with Crippen LogP contribution in [-0.2, 0) is 0 Å². The molecular weight excluding hydrogens is 336 g/mol. The molecule has 0 radical (unpaired) electrons. The van der Waals surface area contributed by atoms with E-state index in [1.165, 1.54) is 12.8 Å². The number of nitrogens with zero attached hydrogens (tertiary/aromatic N) is 3. The number of nitrogens with one attached hydrogen (secondary N) is 1. The number of hydrogen-bond acceptors (Lipinski definition) is 3. The van der Waals surface area contributed by atoms with Crippen LogP contribution in [0.2, 0.25) is 5.02 Å². The minimum atomic E-state index is -0.0557. The maximum Gasteiger partial charge on any atom is 0.251 e. The van der Waals surface area contributed by atoms with Gasteiger partial charge in [-0.25, -0.2) is 9.97 Å². The zero-order chi connectivity index (χ0) is 17.4. The van der Waals surface area contributed by atoms with Gasteiger partial charge in [0.25, 0.3) is 5.91 Å². The van der Waals surface area contributed by atoms with Crippen LogP contribution in [0.15, 0.2) is 36.5 Å². The Kier molecular flexibility index (Phi) is 4.17. The molecular formula is C19H19ClN4O. The number of amides is 1. The van der Waals surface area contributed by atoms with Crippen LogP contribution in [0.5, 0.6) is 0 Å². The standard InChI is InChI=1S/C19H19ClN4O/c1-12-22-16-7-4-10-21-18(16)24(12)17-11-13(8-9-15(17)20)19(25)23-14-5-2-3-6-14/h4,7-11,14H,2-3,5-6H2,1H3,(H,23,25). The molecule has 1 saturated carbocycles. The van der Waals surface area contributed by atoms with Crippen molar-refractivity contribution in [1.29, 1.82) is 0 Å². The number of hydrogen-bond donors (Lipinski definition) is 1. The van der Waals surface area contributed by atoms with Crippen molar-refractivity contribution in [2.24, 2.45) is 0 Å². The van der Waals surface area contributed by atoms with Gasteiger partial charge in [0.15, 0.2) is 5.65 Å². The molecule has 128 valence electrons. The van der Waals surface area contributed by atoms with Gasteiger partial charge in [-0.3, -0.25) is 9.36 Å². The normalized spacial score (nSPS) is 15.0. The third-order valence-electron chi connectivity index (χ3n) is 4.72. The second-order valence-electron chi connectivity index (χ2n) is 6.46. The van der Waals surface area contributed by atoms with E-state index < -0.39 is 0 Å². The molecule has 1 aliphatic rings. The van der Waals surface area contributed by atoms with Gasteiger partial charge in [0, 0.05) is 17.8 Å². The van der Waals surface area contributed by atoms with E-state index in [0.717, 1.165) is 35.5 Å². The number of aryl methyl sites for hydroxylation is 1. The quantitative estimate of drug-likeness (QED) is 0.771. The molecule has 0 aliphatic heterocycles. The fourth-order valence-electron chi connectivity index (χ4n) is 3.48. The molecule has 6 heteroatoms. The molecule has 1 aromatic carbocycles. The largest absolute Gasteiger partial charge is 0.349 e. The number of benzene rings is 1. The topological polar surface area (TPSA) is 59.8 Å². The van der Waals surface area contributed by atoms with Crippen molar-refractivity contribution in [3.8, 4) is 5.69 Å². The SMILES string of the molecule is Cc1nc2cccnc2n1-c1cc(C(=O)NC2CCCC2)ccc1Cl. The predicted molar refractivity (Wildman–Crippen MR) is 98.3 cm³/mol. The third-order valence-corrected chi connectivity index (χ3v) is 5.04. The highest BCUT2D eigenvalue weighted by Gasteiger charge is 2.20. The van der Waals surface area contributed by atoms with E-state index in [1.54, 1.807) is 18.3 Å². The van der Waals surface area contributed by atoms with Crippen molar-refractivity contribution in [3.05, 3.63) is 52.9 Å².